The lowest BCUT2D eigenvalue weighted by atomic mass is 10.1. The maximum atomic E-state index is 14.0. The van der Waals surface area contributed by atoms with Crippen LogP contribution in [0.4, 0.5) is 4.39 Å². The van der Waals surface area contributed by atoms with Gasteiger partial charge in [-0.25, -0.2) is 13.5 Å². The standard InChI is InChI=1S/C15H27FO7P2/c1-12(2)6-5-7-14(4)15(16)9-8-13(3)10-11-22-25(20,21)23-24(17,18)19/h6,10H,5,7-9,11H2,1-4H3,(H,20,21)(H2,17,18,19)/b13-10+,15-14-. The molecule has 0 rings (SSSR count). The number of hydrogen-bond donors (Lipinski definition) is 3. The summed E-state index contributed by atoms with van der Waals surface area (Å²) in [5.41, 5.74) is 2.59. The maximum Gasteiger partial charge on any atom is 0.481 e. The predicted octanol–water partition coefficient (Wildman–Crippen LogP) is 4.93. The largest absolute Gasteiger partial charge is 0.481 e. The fourth-order valence-electron chi connectivity index (χ4n) is 1.77. The summed E-state index contributed by atoms with van der Waals surface area (Å²) in [4.78, 5) is 26.0. The Balaban J connectivity index is 4.38. The van der Waals surface area contributed by atoms with Crippen LogP contribution in [0.2, 0.25) is 0 Å². The van der Waals surface area contributed by atoms with Crippen LogP contribution >= 0.6 is 15.6 Å². The van der Waals surface area contributed by atoms with Gasteiger partial charge >= 0.3 is 15.6 Å². The lowest BCUT2D eigenvalue weighted by Gasteiger charge is -2.11. The monoisotopic (exact) mass is 400 g/mol. The molecule has 0 radical (unpaired) electrons. The van der Waals surface area contributed by atoms with Crippen molar-refractivity contribution in [3.8, 4) is 0 Å². The van der Waals surface area contributed by atoms with E-state index < -0.39 is 15.6 Å². The van der Waals surface area contributed by atoms with Crippen LogP contribution in [0, 0.1) is 0 Å². The van der Waals surface area contributed by atoms with E-state index in [1.807, 2.05) is 19.9 Å². The molecular formula is C15H27FO7P2. The summed E-state index contributed by atoms with van der Waals surface area (Å²) in [6.45, 7) is 7.03. The smallest absolute Gasteiger partial charge is 0.302 e. The highest BCUT2D eigenvalue weighted by atomic mass is 31.3. The van der Waals surface area contributed by atoms with Crippen LogP contribution in [-0.2, 0) is 18.0 Å². The highest BCUT2D eigenvalue weighted by molar-refractivity contribution is 7.60. The minimum absolute atomic E-state index is 0.187. The minimum Gasteiger partial charge on any atom is -0.302 e. The number of halogens is 1. The average molecular weight is 400 g/mol. The van der Waals surface area contributed by atoms with Crippen LogP contribution in [0.25, 0.3) is 0 Å². The van der Waals surface area contributed by atoms with E-state index >= 15 is 0 Å². The van der Waals surface area contributed by atoms with Crippen molar-refractivity contribution >= 4 is 15.6 Å². The molecule has 0 saturated heterocycles. The van der Waals surface area contributed by atoms with Gasteiger partial charge in [-0.05, 0) is 52.5 Å². The molecule has 1 unspecified atom stereocenters. The van der Waals surface area contributed by atoms with Gasteiger partial charge in [-0.3, -0.25) is 4.52 Å². The molecule has 0 aliphatic heterocycles. The third-order valence-corrected chi connectivity index (χ3v) is 5.30. The number of phosphoric acid groups is 2. The van der Waals surface area contributed by atoms with Crippen molar-refractivity contribution < 1.29 is 37.0 Å². The normalized spacial score (nSPS) is 16.2. The summed E-state index contributed by atoms with van der Waals surface area (Å²) < 4.78 is 43.8. The third-order valence-electron chi connectivity index (χ3n) is 3.15. The third kappa shape index (κ3) is 14.3. The van der Waals surface area contributed by atoms with Gasteiger partial charge in [0.15, 0.2) is 0 Å². The molecule has 146 valence electrons. The van der Waals surface area contributed by atoms with Crippen molar-refractivity contribution in [1.29, 1.82) is 0 Å². The second-order valence-electron chi connectivity index (χ2n) is 5.89. The summed E-state index contributed by atoms with van der Waals surface area (Å²) in [7, 11) is -9.96. The SMILES string of the molecule is CC(C)=CCC/C(C)=C(\F)CC/C(C)=C/COP(=O)(O)OP(=O)(O)O. The zero-order valence-corrected chi connectivity index (χ0v) is 16.7. The van der Waals surface area contributed by atoms with E-state index in [-0.39, 0.29) is 18.9 Å². The molecule has 1 atom stereocenters. The predicted molar refractivity (Wildman–Crippen MR) is 94.4 cm³/mol. The number of hydrogen-bond acceptors (Lipinski definition) is 4. The Bertz CT molecular complexity index is 615. The molecule has 0 saturated carbocycles. The van der Waals surface area contributed by atoms with E-state index in [0.717, 1.165) is 6.42 Å². The van der Waals surface area contributed by atoms with Crippen molar-refractivity contribution in [3.63, 3.8) is 0 Å². The second kappa shape index (κ2) is 11.2. The van der Waals surface area contributed by atoms with Gasteiger partial charge in [0.25, 0.3) is 0 Å². The average Bonchev–Trinajstić information content (AvgIpc) is 2.41. The summed E-state index contributed by atoms with van der Waals surface area (Å²) in [6, 6.07) is 0. The zero-order chi connectivity index (χ0) is 19.7. The van der Waals surface area contributed by atoms with Crippen LogP contribution in [0.5, 0.6) is 0 Å². The van der Waals surface area contributed by atoms with Gasteiger partial charge < -0.3 is 14.7 Å². The molecule has 0 fully saturated rings. The first kappa shape index (κ1) is 24.4. The van der Waals surface area contributed by atoms with E-state index in [0.29, 0.717) is 24.0 Å². The van der Waals surface area contributed by atoms with Crippen LogP contribution in [0.3, 0.4) is 0 Å². The van der Waals surface area contributed by atoms with Gasteiger partial charge in [-0.2, -0.15) is 4.31 Å². The molecule has 0 bridgehead atoms. The van der Waals surface area contributed by atoms with Gasteiger partial charge in [0.2, 0.25) is 0 Å². The summed E-state index contributed by atoms with van der Waals surface area (Å²) in [5.74, 6) is -0.187. The van der Waals surface area contributed by atoms with Crippen LogP contribution in [-0.4, -0.2) is 21.3 Å². The first-order chi connectivity index (χ1) is 11.3. The quantitative estimate of drug-likeness (QED) is 0.333. The van der Waals surface area contributed by atoms with E-state index in [1.165, 1.54) is 11.6 Å². The fraction of sp³-hybridized carbons (Fsp3) is 0.600. The van der Waals surface area contributed by atoms with Crippen molar-refractivity contribution in [1.82, 2.24) is 0 Å². The van der Waals surface area contributed by atoms with E-state index in [9.17, 15) is 13.5 Å². The van der Waals surface area contributed by atoms with E-state index in [4.69, 9.17) is 14.7 Å². The van der Waals surface area contributed by atoms with Crippen molar-refractivity contribution in [3.05, 3.63) is 34.7 Å². The minimum atomic E-state index is -5.12. The van der Waals surface area contributed by atoms with Gasteiger partial charge in [0, 0.05) is 6.42 Å². The number of rotatable bonds is 11. The molecule has 25 heavy (non-hydrogen) atoms. The van der Waals surface area contributed by atoms with Crippen LogP contribution in [0.1, 0.15) is 53.4 Å². The Morgan fingerprint density at radius 1 is 1.00 bits per heavy atom. The van der Waals surface area contributed by atoms with Gasteiger partial charge in [0.1, 0.15) is 0 Å². The maximum absolute atomic E-state index is 14.0. The summed E-state index contributed by atoms with van der Waals surface area (Å²) >= 11 is 0. The first-order valence-corrected chi connectivity index (χ1v) is 10.7. The van der Waals surface area contributed by atoms with Crippen molar-refractivity contribution in [2.24, 2.45) is 0 Å². The Labute approximate surface area is 148 Å². The lowest BCUT2D eigenvalue weighted by molar-refractivity contribution is 0.191. The molecule has 0 aromatic rings. The second-order valence-corrected chi connectivity index (χ2v) is 8.72. The fourth-order valence-corrected chi connectivity index (χ4v) is 3.29. The molecular weight excluding hydrogens is 373 g/mol. The first-order valence-electron chi connectivity index (χ1n) is 7.70. The molecule has 0 aliphatic rings. The molecule has 0 aliphatic carbocycles. The molecule has 0 aromatic heterocycles. The lowest BCUT2D eigenvalue weighted by Crippen LogP contribution is -1.95. The van der Waals surface area contributed by atoms with E-state index in [1.54, 1.807) is 13.8 Å². The van der Waals surface area contributed by atoms with Gasteiger partial charge in [-0.1, -0.05) is 23.3 Å². The topological polar surface area (TPSA) is 113 Å². The number of phosphoric ester groups is 1. The Morgan fingerprint density at radius 2 is 1.60 bits per heavy atom. The van der Waals surface area contributed by atoms with E-state index in [2.05, 4.69) is 8.83 Å². The van der Waals surface area contributed by atoms with Crippen molar-refractivity contribution in [2.75, 3.05) is 6.61 Å². The molecule has 0 spiro atoms. The highest BCUT2D eigenvalue weighted by Gasteiger charge is 2.31. The zero-order valence-electron chi connectivity index (χ0n) is 14.9. The molecule has 0 amide bonds. The van der Waals surface area contributed by atoms with Crippen LogP contribution in [0.15, 0.2) is 34.7 Å². The Hall–Kier alpha value is -0.590. The molecule has 0 aromatic carbocycles. The molecule has 0 heterocycles. The highest BCUT2D eigenvalue weighted by Crippen LogP contribution is 2.57. The van der Waals surface area contributed by atoms with Gasteiger partial charge in [-0.15, -0.1) is 0 Å². The number of allylic oxidation sites excluding steroid dienone is 5. The molecule has 3 N–H and O–H groups in total. The summed E-state index contributed by atoms with van der Waals surface area (Å²) in [5, 5.41) is 0. The van der Waals surface area contributed by atoms with Crippen LogP contribution < -0.4 is 0 Å². The Kier molecular flexibility index (Phi) is 10.9. The Morgan fingerprint density at radius 3 is 2.12 bits per heavy atom. The molecule has 7 nitrogen and oxygen atoms in total. The summed E-state index contributed by atoms with van der Waals surface area (Å²) in [6.07, 6.45) is 5.51. The van der Waals surface area contributed by atoms with Gasteiger partial charge in [0.05, 0.1) is 12.4 Å². The molecule has 10 heteroatoms. The van der Waals surface area contributed by atoms with Crippen molar-refractivity contribution in [2.45, 2.75) is 53.4 Å².